The molecule has 0 fully saturated rings. The summed E-state index contributed by atoms with van der Waals surface area (Å²) >= 11 is 0. The predicted molar refractivity (Wildman–Crippen MR) is 134 cm³/mol. The van der Waals surface area contributed by atoms with Crippen molar-refractivity contribution in [3.63, 3.8) is 0 Å². The van der Waals surface area contributed by atoms with Gasteiger partial charge in [-0.3, -0.25) is 19.0 Å². The fraction of sp³-hybridized carbons (Fsp3) is 0.346. The maximum Gasteiger partial charge on any atom is 0.270 e. The summed E-state index contributed by atoms with van der Waals surface area (Å²) in [5.74, 6) is -0.587. The number of hydrogen-bond acceptors (Lipinski definition) is 5. The average Bonchev–Trinajstić information content (AvgIpc) is 3.71. The van der Waals surface area contributed by atoms with Crippen LogP contribution in [-0.4, -0.2) is 64.5 Å². The third-order valence-electron chi connectivity index (χ3n) is 7.16. The molecular weight excluding hydrogens is 475 g/mol. The number of aromatic amines is 1. The molecule has 0 saturated heterocycles. The van der Waals surface area contributed by atoms with Gasteiger partial charge in [0.25, 0.3) is 5.91 Å². The number of H-pyrrole nitrogens is 1. The molecule has 6 rings (SSSR count). The van der Waals surface area contributed by atoms with Crippen LogP contribution in [0.1, 0.15) is 47.1 Å². The van der Waals surface area contributed by atoms with Crippen LogP contribution in [0.3, 0.4) is 0 Å². The molecular formula is C26H27FN8O2. The van der Waals surface area contributed by atoms with E-state index in [2.05, 4.69) is 20.4 Å². The second-order valence-corrected chi connectivity index (χ2v) is 9.42. The van der Waals surface area contributed by atoms with E-state index in [0.717, 1.165) is 23.4 Å². The smallest absolute Gasteiger partial charge is 0.270 e. The average molecular weight is 503 g/mol. The molecule has 4 aromatic rings. The van der Waals surface area contributed by atoms with Crippen LogP contribution in [0, 0.1) is 5.82 Å². The van der Waals surface area contributed by atoms with Crippen molar-refractivity contribution in [3.05, 3.63) is 71.2 Å². The minimum absolute atomic E-state index is 0.00635. The van der Waals surface area contributed by atoms with Crippen LogP contribution in [0.2, 0.25) is 0 Å². The van der Waals surface area contributed by atoms with Gasteiger partial charge < -0.3 is 14.8 Å². The maximum absolute atomic E-state index is 15.7. The Morgan fingerprint density at radius 1 is 1.16 bits per heavy atom. The Balaban J connectivity index is 1.18. The number of nitrogens with zero attached hydrogens (tertiary/aromatic N) is 7. The van der Waals surface area contributed by atoms with Gasteiger partial charge in [-0.1, -0.05) is 23.4 Å². The number of benzene rings is 1. The van der Waals surface area contributed by atoms with Crippen molar-refractivity contribution >= 4 is 28.3 Å². The van der Waals surface area contributed by atoms with Crippen LogP contribution in [0.4, 0.5) is 4.39 Å². The van der Waals surface area contributed by atoms with Gasteiger partial charge >= 0.3 is 0 Å². The Kier molecular flexibility index (Phi) is 5.82. The van der Waals surface area contributed by atoms with Gasteiger partial charge in [-0.15, -0.1) is 5.10 Å². The van der Waals surface area contributed by atoms with Crippen molar-refractivity contribution in [2.45, 2.75) is 45.9 Å². The molecule has 1 aromatic carbocycles. The van der Waals surface area contributed by atoms with E-state index < -0.39 is 5.82 Å². The summed E-state index contributed by atoms with van der Waals surface area (Å²) in [6, 6.07) is 5.26. The molecule has 0 spiro atoms. The maximum atomic E-state index is 15.7. The number of aromatic nitrogens is 6. The minimum atomic E-state index is -0.411. The number of nitrogens with one attached hydrogen (secondary N) is 1. The fourth-order valence-corrected chi connectivity index (χ4v) is 5.19. The van der Waals surface area contributed by atoms with Crippen molar-refractivity contribution in [2.24, 2.45) is 0 Å². The first-order chi connectivity index (χ1) is 18.0. The summed E-state index contributed by atoms with van der Waals surface area (Å²) in [6.45, 7) is 5.13. The van der Waals surface area contributed by atoms with E-state index in [0.29, 0.717) is 67.7 Å². The van der Waals surface area contributed by atoms with Crippen molar-refractivity contribution in [1.82, 2.24) is 39.6 Å². The molecule has 2 aliphatic heterocycles. The highest BCUT2D eigenvalue weighted by molar-refractivity contribution is 5.99. The highest BCUT2D eigenvalue weighted by Gasteiger charge is 2.29. The van der Waals surface area contributed by atoms with Crippen LogP contribution in [0.15, 0.2) is 42.9 Å². The SMILES string of the molecule is CCn1ncc2c1CN(C(=O)c1cc3ccc(C4=CCCN(C(=O)CCn5ccnn5)C4)c(F)c3[nH]1)C2. The van der Waals surface area contributed by atoms with Gasteiger partial charge in [-0.05, 0) is 25.0 Å². The second-order valence-electron chi connectivity index (χ2n) is 9.42. The Morgan fingerprint density at radius 2 is 2.05 bits per heavy atom. The van der Waals surface area contributed by atoms with Gasteiger partial charge in [-0.25, -0.2) is 4.39 Å². The van der Waals surface area contributed by atoms with Gasteiger partial charge in [0.2, 0.25) is 5.91 Å². The number of halogens is 1. The Morgan fingerprint density at radius 3 is 2.86 bits per heavy atom. The molecule has 0 unspecified atom stereocenters. The van der Waals surface area contributed by atoms with Crippen LogP contribution in [0.5, 0.6) is 0 Å². The largest absolute Gasteiger partial charge is 0.348 e. The Bertz CT molecular complexity index is 1520. The van der Waals surface area contributed by atoms with E-state index in [1.165, 1.54) is 0 Å². The van der Waals surface area contributed by atoms with Crippen molar-refractivity contribution in [2.75, 3.05) is 13.1 Å². The lowest BCUT2D eigenvalue weighted by molar-refractivity contribution is -0.131. The third-order valence-corrected chi connectivity index (χ3v) is 7.16. The summed E-state index contributed by atoms with van der Waals surface area (Å²) in [4.78, 5) is 32.5. The molecule has 10 nitrogen and oxygen atoms in total. The monoisotopic (exact) mass is 502 g/mol. The summed E-state index contributed by atoms with van der Waals surface area (Å²) in [5.41, 5.74) is 3.96. The molecule has 11 heteroatoms. The van der Waals surface area contributed by atoms with E-state index in [4.69, 9.17) is 0 Å². The molecule has 0 radical (unpaired) electrons. The zero-order chi connectivity index (χ0) is 25.5. The highest BCUT2D eigenvalue weighted by atomic mass is 19.1. The predicted octanol–water partition coefficient (Wildman–Crippen LogP) is 2.98. The van der Waals surface area contributed by atoms with Crippen LogP contribution < -0.4 is 0 Å². The molecule has 0 atom stereocenters. The fourth-order valence-electron chi connectivity index (χ4n) is 5.19. The minimum Gasteiger partial charge on any atom is -0.348 e. The Labute approximate surface area is 212 Å². The quantitative estimate of drug-likeness (QED) is 0.437. The highest BCUT2D eigenvalue weighted by Crippen LogP contribution is 2.30. The number of aryl methyl sites for hydroxylation is 2. The van der Waals surface area contributed by atoms with Gasteiger partial charge in [0.05, 0.1) is 36.7 Å². The van der Waals surface area contributed by atoms with E-state index in [1.807, 2.05) is 29.9 Å². The van der Waals surface area contributed by atoms with Crippen molar-refractivity contribution < 1.29 is 14.0 Å². The summed E-state index contributed by atoms with van der Waals surface area (Å²) in [6.07, 6.45) is 8.05. The molecule has 0 aliphatic carbocycles. The van der Waals surface area contributed by atoms with E-state index in [9.17, 15) is 9.59 Å². The first-order valence-corrected chi connectivity index (χ1v) is 12.5. The first-order valence-electron chi connectivity index (χ1n) is 12.5. The lowest BCUT2D eigenvalue weighted by Gasteiger charge is -2.28. The van der Waals surface area contributed by atoms with Crippen LogP contribution in [0.25, 0.3) is 16.5 Å². The van der Waals surface area contributed by atoms with Crippen LogP contribution in [-0.2, 0) is 31.0 Å². The number of rotatable bonds is 6. The molecule has 3 aromatic heterocycles. The first kappa shape index (κ1) is 23.1. The van der Waals surface area contributed by atoms with Gasteiger partial charge in [0, 0.05) is 55.3 Å². The number of carbonyl (C=O) groups excluding carboxylic acids is 2. The lowest BCUT2D eigenvalue weighted by atomic mass is 9.99. The molecule has 2 amide bonds. The molecule has 0 bridgehead atoms. The van der Waals surface area contributed by atoms with Gasteiger partial charge in [0.15, 0.2) is 5.82 Å². The zero-order valence-corrected chi connectivity index (χ0v) is 20.5. The standard InChI is InChI=1S/C26H27FN8O2/c1-2-35-22-16-33(15-19(22)13-29-35)26(37)21-12-17-5-6-20(24(27)25(17)30-21)18-4-3-9-32(14-18)23(36)7-10-34-11-8-28-31-34/h4-6,8,11-13,30H,2-3,7,9-10,14-16H2,1H3. The van der Waals surface area contributed by atoms with Crippen molar-refractivity contribution in [1.29, 1.82) is 0 Å². The lowest BCUT2D eigenvalue weighted by Crippen LogP contribution is -2.36. The molecule has 0 saturated carbocycles. The summed E-state index contributed by atoms with van der Waals surface area (Å²) in [5, 5.41) is 12.6. The van der Waals surface area contributed by atoms with E-state index in [-0.39, 0.29) is 11.8 Å². The van der Waals surface area contributed by atoms with Gasteiger partial charge in [-0.2, -0.15) is 5.10 Å². The molecule has 2 aliphatic rings. The third kappa shape index (κ3) is 4.20. The molecule has 37 heavy (non-hydrogen) atoms. The zero-order valence-electron chi connectivity index (χ0n) is 20.5. The number of fused-ring (bicyclic) bond motifs is 2. The van der Waals surface area contributed by atoms with Crippen LogP contribution >= 0.6 is 0 Å². The second kappa shape index (κ2) is 9.30. The van der Waals surface area contributed by atoms with E-state index in [1.54, 1.807) is 39.0 Å². The number of carbonyl (C=O) groups is 2. The molecule has 190 valence electrons. The van der Waals surface area contributed by atoms with Gasteiger partial charge in [0.1, 0.15) is 5.69 Å². The molecule has 5 heterocycles. The molecule has 1 N–H and O–H groups in total. The summed E-state index contributed by atoms with van der Waals surface area (Å²) < 4.78 is 19.2. The number of amides is 2. The summed E-state index contributed by atoms with van der Waals surface area (Å²) in [7, 11) is 0. The normalized spacial score (nSPS) is 15.4. The Hall–Kier alpha value is -4.28. The topological polar surface area (TPSA) is 105 Å². The number of hydrogen-bond donors (Lipinski definition) is 1. The van der Waals surface area contributed by atoms with E-state index >= 15 is 4.39 Å². The van der Waals surface area contributed by atoms with Crippen molar-refractivity contribution in [3.8, 4) is 0 Å².